The topological polar surface area (TPSA) is 81.5 Å². The summed E-state index contributed by atoms with van der Waals surface area (Å²) in [7, 11) is 0. The van der Waals surface area contributed by atoms with Gasteiger partial charge in [0.1, 0.15) is 0 Å². The number of aliphatic imine (C=N–C) groups is 1. The lowest BCUT2D eigenvalue weighted by molar-refractivity contribution is -0.117. The van der Waals surface area contributed by atoms with Gasteiger partial charge in [-0.2, -0.15) is 4.99 Å². The van der Waals surface area contributed by atoms with Gasteiger partial charge in [0.05, 0.1) is 5.25 Å². The fourth-order valence-corrected chi connectivity index (χ4v) is 3.98. The van der Waals surface area contributed by atoms with Gasteiger partial charge in [0, 0.05) is 15.5 Å². The van der Waals surface area contributed by atoms with Gasteiger partial charge in [0.2, 0.25) is 0 Å². The molecule has 2 aromatic rings. The standard InChI is InChI=1S/C16H14ClN3OS/c17-12-6-2-1-4-10(12)9-5-3-7-13-11(9)8-14(22-13)15(21)20-16(18)19/h1-7,14H,8H2,(H4,18,19,20,21). The molecule has 0 bridgehead atoms. The Kier molecular flexibility index (Phi) is 4.09. The van der Waals surface area contributed by atoms with E-state index in [1.165, 1.54) is 11.8 Å². The maximum absolute atomic E-state index is 12.0. The molecule has 6 heteroatoms. The number of guanidine groups is 1. The van der Waals surface area contributed by atoms with Gasteiger partial charge in [-0.1, -0.05) is 41.9 Å². The molecular weight excluding hydrogens is 318 g/mol. The fourth-order valence-electron chi connectivity index (χ4n) is 2.54. The van der Waals surface area contributed by atoms with Crippen LogP contribution in [0.25, 0.3) is 11.1 Å². The Bertz CT molecular complexity index is 772. The number of carbonyl (C=O) groups is 1. The van der Waals surface area contributed by atoms with Crippen molar-refractivity contribution in [3.63, 3.8) is 0 Å². The van der Waals surface area contributed by atoms with E-state index in [1.54, 1.807) is 0 Å². The van der Waals surface area contributed by atoms with Crippen LogP contribution in [0, 0.1) is 0 Å². The number of nitrogens with two attached hydrogens (primary N) is 2. The summed E-state index contributed by atoms with van der Waals surface area (Å²) < 4.78 is 0. The Labute approximate surface area is 137 Å². The first-order chi connectivity index (χ1) is 10.6. The molecule has 0 spiro atoms. The predicted octanol–water partition coefficient (Wildman–Crippen LogP) is 2.82. The van der Waals surface area contributed by atoms with Crippen LogP contribution in [-0.4, -0.2) is 17.1 Å². The van der Waals surface area contributed by atoms with E-state index in [0.717, 1.165) is 21.6 Å². The molecule has 1 amide bonds. The van der Waals surface area contributed by atoms with Crippen molar-refractivity contribution >= 4 is 35.2 Å². The molecule has 1 aliphatic rings. The van der Waals surface area contributed by atoms with Crippen molar-refractivity contribution in [2.45, 2.75) is 16.6 Å². The van der Waals surface area contributed by atoms with Crippen LogP contribution in [-0.2, 0) is 11.2 Å². The predicted molar refractivity (Wildman–Crippen MR) is 91.1 cm³/mol. The highest BCUT2D eigenvalue weighted by Crippen LogP contribution is 2.43. The normalized spacial score (nSPS) is 16.1. The monoisotopic (exact) mass is 331 g/mol. The van der Waals surface area contributed by atoms with Crippen LogP contribution < -0.4 is 11.5 Å². The molecule has 4 N–H and O–H groups in total. The third kappa shape index (κ3) is 2.82. The summed E-state index contributed by atoms with van der Waals surface area (Å²) in [5.41, 5.74) is 13.7. The van der Waals surface area contributed by atoms with Gasteiger partial charge < -0.3 is 11.5 Å². The Balaban J connectivity index is 1.98. The number of hydrogen-bond acceptors (Lipinski definition) is 2. The molecule has 0 saturated carbocycles. The molecule has 0 radical (unpaired) electrons. The zero-order chi connectivity index (χ0) is 15.7. The van der Waals surface area contributed by atoms with Crippen LogP contribution in [0.4, 0.5) is 0 Å². The third-order valence-corrected chi connectivity index (χ3v) is 5.09. The molecule has 1 heterocycles. The first-order valence-corrected chi connectivity index (χ1v) is 7.99. The summed E-state index contributed by atoms with van der Waals surface area (Å²) in [4.78, 5) is 16.8. The molecule has 0 fully saturated rings. The van der Waals surface area contributed by atoms with Crippen molar-refractivity contribution in [1.29, 1.82) is 0 Å². The number of halogens is 1. The molecule has 2 aromatic carbocycles. The van der Waals surface area contributed by atoms with Crippen LogP contribution in [0.5, 0.6) is 0 Å². The van der Waals surface area contributed by atoms with Crippen LogP contribution in [0.3, 0.4) is 0 Å². The molecule has 4 nitrogen and oxygen atoms in total. The van der Waals surface area contributed by atoms with Crippen LogP contribution >= 0.6 is 23.4 Å². The van der Waals surface area contributed by atoms with E-state index in [4.69, 9.17) is 23.1 Å². The van der Waals surface area contributed by atoms with E-state index < -0.39 is 0 Å². The van der Waals surface area contributed by atoms with Crippen molar-refractivity contribution < 1.29 is 4.79 Å². The molecule has 1 atom stereocenters. The van der Waals surface area contributed by atoms with Crippen molar-refractivity contribution in [1.82, 2.24) is 0 Å². The number of fused-ring (bicyclic) bond motifs is 1. The molecule has 0 aliphatic carbocycles. The number of benzene rings is 2. The fraction of sp³-hybridized carbons (Fsp3) is 0.125. The number of hydrogen-bond donors (Lipinski definition) is 2. The van der Waals surface area contributed by atoms with Gasteiger partial charge in [-0.3, -0.25) is 4.79 Å². The van der Waals surface area contributed by atoms with Crippen molar-refractivity contribution in [3.8, 4) is 11.1 Å². The van der Waals surface area contributed by atoms with Gasteiger partial charge in [-0.25, -0.2) is 0 Å². The van der Waals surface area contributed by atoms with Gasteiger partial charge in [-0.05, 0) is 29.7 Å². The molecule has 3 rings (SSSR count). The van der Waals surface area contributed by atoms with Gasteiger partial charge in [0.15, 0.2) is 5.96 Å². The maximum Gasteiger partial charge on any atom is 0.262 e. The lowest BCUT2D eigenvalue weighted by Gasteiger charge is -2.09. The summed E-state index contributed by atoms with van der Waals surface area (Å²) in [6, 6.07) is 13.7. The molecule has 0 aromatic heterocycles. The Morgan fingerprint density at radius 3 is 2.59 bits per heavy atom. The maximum atomic E-state index is 12.0. The van der Waals surface area contributed by atoms with Crippen LogP contribution in [0.2, 0.25) is 5.02 Å². The summed E-state index contributed by atoms with van der Waals surface area (Å²) in [6.07, 6.45) is 0.594. The van der Waals surface area contributed by atoms with E-state index in [0.29, 0.717) is 11.4 Å². The van der Waals surface area contributed by atoms with Crippen molar-refractivity contribution in [2.24, 2.45) is 16.5 Å². The van der Waals surface area contributed by atoms with Gasteiger partial charge in [-0.15, -0.1) is 11.8 Å². The molecule has 0 saturated heterocycles. The van der Waals surface area contributed by atoms with Gasteiger partial charge >= 0.3 is 0 Å². The molecule has 22 heavy (non-hydrogen) atoms. The highest BCUT2D eigenvalue weighted by molar-refractivity contribution is 8.01. The molecule has 112 valence electrons. The lowest BCUT2D eigenvalue weighted by Crippen LogP contribution is -2.27. The minimum Gasteiger partial charge on any atom is -0.370 e. The minimum absolute atomic E-state index is 0.201. The smallest absolute Gasteiger partial charge is 0.262 e. The van der Waals surface area contributed by atoms with E-state index in [1.807, 2.05) is 42.5 Å². The van der Waals surface area contributed by atoms with Crippen LogP contribution in [0.15, 0.2) is 52.4 Å². The lowest BCUT2D eigenvalue weighted by atomic mass is 9.96. The first kappa shape index (κ1) is 14.9. The highest BCUT2D eigenvalue weighted by atomic mass is 35.5. The molecule has 1 unspecified atom stereocenters. The zero-order valence-electron chi connectivity index (χ0n) is 11.6. The number of rotatable bonds is 2. The second kappa shape index (κ2) is 6.02. The Morgan fingerprint density at radius 1 is 1.14 bits per heavy atom. The van der Waals surface area contributed by atoms with Crippen LogP contribution in [0.1, 0.15) is 5.56 Å². The second-order valence-electron chi connectivity index (χ2n) is 4.95. The molecule has 1 aliphatic heterocycles. The SMILES string of the molecule is NC(N)=NC(=O)C1Cc2c(cccc2-c2ccccc2Cl)S1. The summed E-state index contributed by atoms with van der Waals surface area (Å²) in [5.74, 6) is -0.501. The number of amides is 1. The van der Waals surface area contributed by atoms with Crippen molar-refractivity contribution in [3.05, 3.63) is 53.1 Å². The number of thioether (sulfide) groups is 1. The summed E-state index contributed by atoms with van der Waals surface area (Å²) >= 11 is 7.79. The average molecular weight is 332 g/mol. The van der Waals surface area contributed by atoms with Crippen molar-refractivity contribution in [2.75, 3.05) is 0 Å². The largest absolute Gasteiger partial charge is 0.370 e. The highest BCUT2D eigenvalue weighted by Gasteiger charge is 2.30. The van der Waals surface area contributed by atoms with E-state index in [9.17, 15) is 4.79 Å². The van der Waals surface area contributed by atoms with E-state index in [-0.39, 0.29) is 17.1 Å². The zero-order valence-corrected chi connectivity index (χ0v) is 13.2. The van der Waals surface area contributed by atoms with E-state index >= 15 is 0 Å². The van der Waals surface area contributed by atoms with Gasteiger partial charge in [0.25, 0.3) is 5.91 Å². The van der Waals surface area contributed by atoms with E-state index in [2.05, 4.69) is 4.99 Å². The summed E-state index contributed by atoms with van der Waals surface area (Å²) in [6.45, 7) is 0. The molecular formula is C16H14ClN3OS. The second-order valence-corrected chi connectivity index (χ2v) is 6.60. The number of nitrogens with zero attached hydrogens (tertiary/aromatic N) is 1. The third-order valence-electron chi connectivity index (χ3n) is 3.47. The average Bonchev–Trinajstić information content (AvgIpc) is 2.91. The number of carbonyl (C=O) groups excluding carboxylic acids is 1. The Morgan fingerprint density at radius 2 is 1.86 bits per heavy atom. The first-order valence-electron chi connectivity index (χ1n) is 6.73. The summed E-state index contributed by atoms with van der Waals surface area (Å²) in [5, 5.41) is 0.403. The quantitative estimate of drug-likeness (QED) is 0.655. The minimum atomic E-state index is -0.300. The Hall–Kier alpha value is -1.98.